The van der Waals surface area contributed by atoms with Gasteiger partial charge in [-0.25, -0.2) is 13.6 Å². The van der Waals surface area contributed by atoms with Crippen molar-refractivity contribution in [3.63, 3.8) is 0 Å². The summed E-state index contributed by atoms with van der Waals surface area (Å²) in [5.74, 6) is -4.93. The SMILES string of the molecule is O=C(O)[C@H]1CC(F)(F)CN1C(=O)[C@H]1CC[C@H](Cc2ccc(Br)cc2)C1. The maximum Gasteiger partial charge on any atom is 0.326 e. The molecule has 3 rings (SSSR count). The Kier molecular flexibility index (Phi) is 5.14. The van der Waals surface area contributed by atoms with Crippen molar-refractivity contribution in [2.75, 3.05) is 6.54 Å². The van der Waals surface area contributed by atoms with Gasteiger partial charge >= 0.3 is 5.97 Å². The number of hydrogen-bond acceptors (Lipinski definition) is 2. The predicted molar refractivity (Wildman–Crippen MR) is 91.4 cm³/mol. The first-order valence-electron chi connectivity index (χ1n) is 8.41. The Morgan fingerprint density at radius 3 is 2.56 bits per heavy atom. The van der Waals surface area contributed by atoms with Gasteiger partial charge in [0.1, 0.15) is 6.04 Å². The van der Waals surface area contributed by atoms with Crippen molar-refractivity contribution in [3.8, 4) is 0 Å². The molecule has 4 nitrogen and oxygen atoms in total. The summed E-state index contributed by atoms with van der Waals surface area (Å²) in [4.78, 5) is 24.7. The van der Waals surface area contributed by atoms with Crippen molar-refractivity contribution in [2.45, 2.75) is 44.1 Å². The Labute approximate surface area is 153 Å². The molecule has 0 spiro atoms. The average molecular weight is 416 g/mol. The molecule has 1 aliphatic heterocycles. The first kappa shape index (κ1) is 18.3. The fourth-order valence-electron chi connectivity index (χ4n) is 3.94. The van der Waals surface area contributed by atoms with Gasteiger partial charge in [0, 0.05) is 16.8 Å². The number of hydrogen-bond donors (Lipinski definition) is 1. The van der Waals surface area contributed by atoms with Crippen LogP contribution >= 0.6 is 15.9 Å². The zero-order chi connectivity index (χ0) is 18.2. The van der Waals surface area contributed by atoms with Crippen LogP contribution in [-0.4, -0.2) is 40.4 Å². The summed E-state index contributed by atoms with van der Waals surface area (Å²) in [6.07, 6.45) is 2.17. The molecule has 2 aliphatic rings. The van der Waals surface area contributed by atoms with Crippen molar-refractivity contribution >= 4 is 27.8 Å². The van der Waals surface area contributed by atoms with E-state index >= 15 is 0 Å². The summed E-state index contributed by atoms with van der Waals surface area (Å²) < 4.78 is 28.2. The Bertz CT molecular complexity index is 665. The van der Waals surface area contributed by atoms with E-state index in [0.717, 1.165) is 22.2 Å². The van der Waals surface area contributed by atoms with Gasteiger partial charge in [-0.05, 0) is 49.3 Å². The third-order valence-corrected chi connectivity index (χ3v) is 5.69. The maximum absolute atomic E-state index is 13.6. The molecule has 1 N–H and O–H groups in total. The number of carboxylic acid groups (broad SMARTS) is 1. The van der Waals surface area contributed by atoms with Gasteiger partial charge in [0.2, 0.25) is 5.91 Å². The largest absolute Gasteiger partial charge is 0.480 e. The number of carbonyl (C=O) groups is 2. The van der Waals surface area contributed by atoms with E-state index in [-0.39, 0.29) is 5.92 Å². The second kappa shape index (κ2) is 7.02. The number of rotatable bonds is 4. The van der Waals surface area contributed by atoms with Crippen LogP contribution in [-0.2, 0) is 16.0 Å². The topological polar surface area (TPSA) is 57.6 Å². The summed E-state index contributed by atoms with van der Waals surface area (Å²) in [6, 6.07) is 6.59. The quantitative estimate of drug-likeness (QED) is 0.814. The lowest BCUT2D eigenvalue weighted by atomic mass is 9.96. The van der Waals surface area contributed by atoms with E-state index in [4.69, 9.17) is 5.11 Å². The first-order chi connectivity index (χ1) is 11.7. The summed E-state index contributed by atoms with van der Waals surface area (Å²) in [5.41, 5.74) is 1.18. The van der Waals surface area contributed by atoms with Crippen LogP contribution in [0.4, 0.5) is 8.78 Å². The normalized spacial score (nSPS) is 28.3. The van der Waals surface area contributed by atoms with E-state index in [1.54, 1.807) is 0 Å². The van der Waals surface area contributed by atoms with Crippen molar-refractivity contribution in [3.05, 3.63) is 34.3 Å². The highest BCUT2D eigenvalue weighted by Gasteiger charge is 2.51. The zero-order valence-corrected chi connectivity index (χ0v) is 15.2. The molecule has 7 heteroatoms. The highest BCUT2D eigenvalue weighted by molar-refractivity contribution is 9.10. The summed E-state index contributed by atoms with van der Waals surface area (Å²) in [5, 5.41) is 9.15. The van der Waals surface area contributed by atoms with Crippen LogP contribution in [0.5, 0.6) is 0 Å². The van der Waals surface area contributed by atoms with Crippen LogP contribution in [0.2, 0.25) is 0 Å². The standard InChI is InChI=1S/C18H20BrF2NO3/c19-14-5-2-11(3-6-14)7-12-1-4-13(8-12)16(23)22-10-18(20,21)9-15(22)17(24)25/h2-3,5-6,12-13,15H,1,4,7-10H2,(H,24,25)/t12-,13+,15-/m1/s1. The number of aliphatic carboxylic acids is 1. The van der Waals surface area contributed by atoms with Gasteiger partial charge < -0.3 is 10.0 Å². The number of benzene rings is 1. The van der Waals surface area contributed by atoms with E-state index in [0.29, 0.717) is 18.8 Å². The molecule has 0 bridgehead atoms. The molecule has 1 saturated carbocycles. The second-order valence-electron chi connectivity index (χ2n) is 7.09. The van der Waals surface area contributed by atoms with E-state index < -0.39 is 36.8 Å². The number of carboxylic acids is 1. The molecule has 1 aromatic rings. The number of amides is 1. The second-order valence-corrected chi connectivity index (χ2v) is 8.00. The smallest absolute Gasteiger partial charge is 0.326 e. The highest BCUT2D eigenvalue weighted by atomic mass is 79.9. The van der Waals surface area contributed by atoms with Crippen molar-refractivity contribution in [2.24, 2.45) is 11.8 Å². The fraction of sp³-hybridized carbons (Fsp3) is 0.556. The Morgan fingerprint density at radius 2 is 1.92 bits per heavy atom. The lowest BCUT2D eigenvalue weighted by molar-refractivity contribution is -0.149. The third-order valence-electron chi connectivity index (χ3n) is 5.17. The third kappa shape index (κ3) is 4.19. The first-order valence-corrected chi connectivity index (χ1v) is 9.20. The van der Waals surface area contributed by atoms with Crippen LogP contribution in [0.3, 0.4) is 0 Å². The summed E-state index contributed by atoms with van der Waals surface area (Å²) >= 11 is 3.39. The molecule has 3 atom stereocenters. The van der Waals surface area contributed by atoms with Crippen molar-refractivity contribution in [1.29, 1.82) is 0 Å². The Hall–Kier alpha value is -1.50. The van der Waals surface area contributed by atoms with Crippen LogP contribution in [0, 0.1) is 11.8 Å². The van der Waals surface area contributed by atoms with Gasteiger partial charge in [-0.15, -0.1) is 0 Å². The summed E-state index contributed by atoms with van der Waals surface area (Å²) in [6.45, 7) is -0.781. The van der Waals surface area contributed by atoms with Gasteiger partial charge in [-0.1, -0.05) is 28.1 Å². The number of nitrogens with zero attached hydrogens (tertiary/aromatic N) is 1. The predicted octanol–water partition coefficient (Wildman–Crippen LogP) is 3.73. The number of carbonyl (C=O) groups excluding carboxylic acids is 1. The summed E-state index contributed by atoms with van der Waals surface area (Å²) in [7, 11) is 0. The molecular weight excluding hydrogens is 396 g/mol. The molecule has 136 valence electrons. The molecule has 0 aromatic heterocycles. The molecule has 1 heterocycles. The van der Waals surface area contributed by atoms with Crippen LogP contribution in [0.1, 0.15) is 31.2 Å². The molecule has 1 aliphatic carbocycles. The lowest BCUT2D eigenvalue weighted by Gasteiger charge is -2.24. The number of likely N-dealkylation sites (tertiary alicyclic amines) is 1. The monoisotopic (exact) mass is 415 g/mol. The highest BCUT2D eigenvalue weighted by Crippen LogP contribution is 2.38. The minimum absolute atomic E-state index is 0.321. The minimum Gasteiger partial charge on any atom is -0.480 e. The minimum atomic E-state index is -3.12. The molecule has 25 heavy (non-hydrogen) atoms. The van der Waals surface area contributed by atoms with Gasteiger partial charge in [-0.3, -0.25) is 4.79 Å². The van der Waals surface area contributed by atoms with Crippen LogP contribution in [0.25, 0.3) is 0 Å². The molecule has 0 unspecified atom stereocenters. The van der Waals surface area contributed by atoms with Crippen molar-refractivity contribution < 1.29 is 23.5 Å². The molecule has 2 fully saturated rings. The van der Waals surface area contributed by atoms with Crippen molar-refractivity contribution in [1.82, 2.24) is 4.90 Å². The molecular formula is C18H20BrF2NO3. The average Bonchev–Trinajstić information content (AvgIpc) is 3.13. The number of halogens is 3. The van der Waals surface area contributed by atoms with Crippen LogP contribution < -0.4 is 0 Å². The molecule has 1 saturated heterocycles. The number of alkyl halides is 2. The van der Waals surface area contributed by atoms with Gasteiger partial charge in [0.25, 0.3) is 5.92 Å². The lowest BCUT2D eigenvalue weighted by Crippen LogP contribution is -2.43. The maximum atomic E-state index is 13.6. The van der Waals surface area contributed by atoms with E-state index in [1.165, 1.54) is 5.56 Å². The van der Waals surface area contributed by atoms with Gasteiger partial charge in [0.05, 0.1) is 6.54 Å². The molecule has 0 radical (unpaired) electrons. The molecule has 1 amide bonds. The molecule has 1 aromatic carbocycles. The Morgan fingerprint density at radius 1 is 1.24 bits per heavy atom. The van der Waals surface area contributed by atoms with Gasteiger partial charge in [0.15, 0.2) is 0 Å². The fourth-order valence-corrected chi connectivity index (χ4v) is 4.21. The van der Waals surface area contributed by atoms with E-state index in [2.05, 4.69) is 15.9 Å². The zero-order valence-electron chi connectivity index (χ0n) is 13.6. The van der Waals surface area contributed by atoms with Gasteiger partial charge in [-0.2, -0.15) is 0 Å². The van der Waals surface area contributed by atoms with E-state index in [1.807, 2.05) is 24.3 Å². The Balaban J connectivity index is 1.62. The van der Waals surface area contributed by atoms with E-state index in [9.17, 15) is 18.4 Å². The van der Waals surface area contributed by atoms with Crippen LogP contribution in [0.15, 0.2) is 28.7 Å².